The van der Waals surface area contributed by atoms with Crippen LogP contribution in [-0.4, -0.2) is 36.9 Å². The molecule has 186 valence electrons. The van der Waals surface area contributed by atoms with Gasteiger partial charge in [0, 0.05) is 25.7 Å². The van der Waals surface area contributed by atoms with E-state index in [2.05, 4.69) is 20.7 Å². The highest BCUT2D eigenvalue weighted by Gasteiger charge is 2.24. The molecule has 5 aromatic rings. The summed E-state index contributed by atoms with van der Waals surface area (Å²) in [7, 11) is 1.59. The summed E-state index contributed by atoms with van der Waals surface area (Å²) in [5, 5.41) is 9.47. The van der Waals surface area contributed by atoms with E-state index in [1.165, 1.54) is 21.3 Å². The number of oxazole rings is 1. The Kier molecular flexibility index (Phi) is 5.97. The third kappa shape index (κ3) is 4.55. The molecule has 0 radical (unpaired) electrons. The molecule has 12 heteroatoms. The van der Waals surface area contributed by atoms with Crippen LogP contribution in [0.4, 0.5) is 0 Å². The van der Waals surface area contributed by atoms with Crippen molar-refractivity contribution in [1.29, 1.82) is 0 Å². The number of nitrogens with zero attached hydrogens (tertiary/aromatic N) is 4. The summed E-state index contributed by atoms with van der Waals surface area (Å²) in [6, 6.07) is 15.4. The fourth-order valence-electron chi connectivity index (χ4n) is 3.92. The van der Waals surface area contributed by atoms with E-state index in [1.807, 2.05) is 0 Å². The Bertz CT molecular complexity index is 1720. The van der Waals surface area contributed by atoms with Crippen molar-refractivity contribution in [2.45, 2.75) is 12.6 Å². The minimum absolute atomic E-state index is 0.00264. The summed E-state index contributed by atoms with van der Waals surface area (Å²) < 4.78 is 7.76. The molecule has 0 saturated carbocycles. The van der Waals surface area contributed by atoms with Gasteiger partial charge in [0.2, 0.25) is 5.91 Å². The molecule has 0 aliphatic heterocycles. The molecule has 37 heavy (non-hydrogen) atoms. The maximum absolute atomic E-state index is 13.2. The fourth-order valence-corrected chi connectivity index (χ4v) is 3.92. The number of primary amides is 1. The first-order valence-electron chi connectivity index (χ1n) is 11.2. The molecule has 1 unspecified atom stereocenters. The smallest absolute Gasteiger partial charge is 0.408 e. The molecular formula is C25H21N7O5. The molecular weight excluding hydrogens is 478 g/mol. The minimum atomic E-state index is -1.08. The Morgan fingerprint density at radius 1 is 1.05 bits per heavy atom. The predicted molar refractivity (Wildman–Crippen MR) is 131 cm³/mol. The highest BCUT2D eigenvalue weighted by atomic mass is 16.4. The van der Waals surface area contributed by atoms with E-state index >= 15 is 0 Å². The normalized spacial score (nSPS) is 11.9. The van der Waals surface area contributed by atoms with Crippen LogP contribution in [0.25, 0.3) is 16.7 Å². The number of benzene rings is 2. The number of rotatable bonds is 7. The van der Waals surface area contributed by atoms with Gasteiger partial charge in [-0.25, -0.2) is 14.3 Å². The van der Waals surface area contributed by atoms with Crippen molar-refractivity contribution in [2.24, 2.45) is 12.8 Å². The Balaban J connectivity index is 1.39. The van der Waals surface area contributed by atoms with E-state index in [4.69, 9.17) is 10.2 Å². The van der Waals surface area contributed by atoms with Gasteiger partial charge in [-0.05, 0) is 23.3 Å². The second-order valence-corrected chi connectivity index (χ2v) is 8.26. The molecule has 0 saturated heterocycles. The van der Waals surface area contributed by atoms with Gasteiger partial charge in [-0.2, -0.15) is 5.10 Å². The van der Waals surface area contributed by atoms with Gasteiger partial charge in [-0.15, -0.1) is 0 Å². The Hall–Kier alpha value is -5.26. The van der Waals surface area contributed by atoms with Crippen LogP contribution >= 0.6 is 0 Å². The van der Waals surface area contributed by atoms with Gasteiger partial charge in [0.05, 0.1) is 11.7 Å². The monoisotopic (exact) mass is 499 g/mol. The van der Waals surface area contributed by atoms with Crippen LogP contribution in [0.15, 0.2) is 76.1 Å². The van der Waals surface area contributed by atoms with E-state index in [0.717, 1.165) is 5.56 Å². The van der Waals surface area contributed by atoms with E-state index in [1.54, 1.807) is 61.6 Å². The van der Waals surface area contributed by atoms with Gasteiger partial charge in [-0.3, -0.25) is 19.0 Å². The van der Waals surface area contributed by atoms with Gasteiger partial charge in [0.25, 0.3) is 11.8 Å². The molecule has 5 rings (SSSR count). The number of carbonyl (C=O) groups excluding carboxylic acids is 3. The van der Waals surface area contributed by atoms with Gasteiger partial charge in [0.1, 0.15) is 17.4 Å². The van der Waals surface area contributed by atoms with Gasteiger partial charge in [0.15, 0.2) is 11.2 Å². The molecule has 2 aromatic carbocycles. The lowest BCUT2D eigenvalue weighted by atomic mass is 10.1. The Morgan fingerprint density at radius 3 is 2.59 bits per heavy atom. The number of nitrogens with one attached hydrogen (secondary N) is 2. The van der Waals surface area contributed by atoms with E-state index in [0.29, 0.717) is 16.7 Å². The number of aryl methyl sites for hydroxylation is 1. The minimum Gasteiger partial charge on any atom is -0.408 e. The van der Waals surface area contributed by atoms with Gasteiger partial charge in [-0.1, -0.05) is 36.4 Å². The molecule has 3 aromatic heterocycles. The van der Waals surface area contributed by atoms with Crippen molar-refractivity contribution >= 4 is 34.5 Å². The maximum Gasteiger partial charge on any atom is 0.419 e. The van der Waals surface area contributed by atoms with Crippen molar-refractivity contribution in [2.75, 3.05) is 0 Å². The zero-order valence-corrected chi connectivity index (χ0v) is 19.5. The zero-order valence-electron chi connectivity index (χ0n) is 19.5. The number of carbonyl (C=O) groups is 3. The summed E-state index contributed by atoms with van der Waals surface area (Å²) in [4.78, 5) is 54.2. The van der Waals surface area contributed by atoms with E-state index in [-0.39, 0.29) is 23.6 Å². The quantitative estimate of drug-likeness (QED) is 0.301. The maximum atomic E-state index is 13.2. The molecule has 4 N–H and O–H groups in total. The topological polar surface area (TPSA) is 167 Å². The largest absolute Gasteiger partial charge is 0.419 e. The number of amides is 3. The lowest BCUT2D eigenvalue weighted by molar-refractivity contribution is -0.120. The highest BCUT2D eigenvalue weighted by Crippen LogP contribution is 2.16. The summed E-state index contributed by atoms with van der Waals surface area (Å²) >= 11 is 0. The predicted octanol–water partition coefficient (Wildman–Crippen LogP) is 1.06. The summed E-state index contributed by atoms with van der Waals surface area (Å²) in [5.74, 6) is -2.42. The van der Waals surface area contributed by atoms with Crippen molar-refractivity contribution in [3.8, 4) is 0 Å². The number of aromatic nitrogens is 4. The molecule has 1 atom stereocenters. The molecule has 0 bridgehead atoms. The summed E-state index contributed by atoms with van der Waals surface area (Å²) in [6.45, 7) is 0.138. The van der Waals surface area contributed by atoms with Crippen LogP contribution in [0.1, 0.15) is 38.1 Å². The van der Waals surface area contributed by atoms with Gasteiger partial charge < -0.3 is 20.8 Å². The molecule has 3 heterocycles. The third-order valence-electron chi connectivity index (χ3n) is 5.83. The van der Waals surface area contributed by atoms with Crippen LogP contribution in [0.3, 0.4) is 0 Å². The highest BCUT2D eigenvalue weighted by molar-refractivity contribution is 6.00. The molecule has 0 aliphatic rings. The molecule has 12 nitrogen and oxygen atoms in total. The first-order chi connectivity index (χ1) is 17.8. The first-order valence-corrected chi connectivity index (χ1v) is 11.2. The average molecular weight is 499 g/mol. The molecule has 0 fully saturated rings. The lowest BCUT2D eigenvalue weighted by Gasteiger charge is -2.16. The number of nitrogens with two attached hydrogens (primary N) is 1. The Morgan fingerprint density at radius 2 is 1.84 bits per heavy atom. The van der Waals surface area contributed by atoms with Crippen LogP contribution in [-0.2, 0) is 18.4 Å². The molecule has 0 spiro atoms. The van der Waals surface area contributed by atoms with Crippen LogP contribution < -0.4 is 22.1 Å². The first kappa shape index (κ1) is 23.5. The van der Waals surface area contributed by atoms with Crippen LogP contribution in [0, 0.1) is 0 Å². The molecule has 3 amide bonds. The summed E-state index contributed by atoms with van der Waals surface area (Å²) in [5.41, 5.74) is 8.05. The average Bonchev–Trinajstić information content (AvgIpc) is 3.49. The second kappa shape index (κ2) is 9.41. The fraction of sp³-hybridized carbons (Fsp3) is 0.120. The van der Waals surface area contributed by atoms with Gasteiger partial charge >= 0.3 is 5.76 Å². The molecule has 0 aliphatic carbocycles. The number of hydrogen-bond acceptors (Lipinski definition) is 7. The SMILES string of the molecule is Cn1c(=O)oc2ccc(CNC(=O)c3cc(C(=O)NC(C(N)=O)c4ccccc4)n4nccc4n3)cc21. The number of fused-ring (bicyclic) bond motifs is 2. The third-order valence-corrected chi connectivity index (χ3v) is 5.83. The van der Waals surface area contributed by atoms with E-state index in [9.17, 15) is 19.2 Å². The van der Waals surface area contributed by atoms with Crippen molar-refractivity contribution < 1.29 is 18.8 Å². The van der Waals surface area contributed by atoms with Crippen molar-refractivity contribution in [3.05, 3.63) is 99.9 Å². The van der Waals surface area contributed by atoms with Crippen LogP contribution in [0.2, 0.25) is 0 Å². The summed E-state index contributed by atoms with van der Waals surface area (Å²) in [6.07, 6.45) is 1.44. The number of hydrogen-bond donors (Lipinski definition) is 3. The van der Waals surface area contributed by atoms with Crippen LogP contribution in [0.5, 0.6) is 0 Å². The van der Waals surface area contributed by atoms with Crippen molar-refractivity contribution in [3.63, 3.8) is 0 Å². The van der Waals surface area contributed by atoms with E-state index < -0.39 is 29.5 Å². The Labute approximate surface area is 208 Å². The van der Waals surface area contributed by atoms with Crippen molar-refractivity contribution in [1.82, 2.24) is 29.8 Å². The zero-order chi connectivity index (χ0) is 26.1. The lowest BCUT2D eigenvalue weighted by Crippen LogP contribution is -2.38. The second-order valence-electron chi connectivity index (χ2n) is 8.26. The standard InChI is InChI=1S/C25H21N7O5/c1-31-17-11-14(7-8-19(17)37-25(31)36)13-27-23(34)16-12-18(32-20(29-16)9-10-28-32)24(35)30-21(22(26)33)15-5-3-2-4-6-15/h2-12,21H,13H2,1H3,(H2,26,33)(H,27,34)(H,30,35).